The first kappa shape index (κ1) is 11.0. The van der Waals surface area contributed by atoms with E-state index in [0.717, 1.165) is 0 Å². The number of quaternary nitrogens is 1. The topological polar surface area (TPSA) is 37.3 Å². The summed E-state index contributed by atoms with van der Waals surface area (Å²) in [5.74, 6) is 1.43. The minimum Gasteiger partial charge on any atom is -0.481 e. The molecule has 12 heavy (non-hydrogen) atoms. The Hall–Kier alpha value is -1.01. The number of carboxylic acids is 1. The number of hydrogen-bond acceptors (Lipinski definition) is 1. The zero-order valence-electron chi connectivity index (χ0n) is 7.87. The van der Waals surface area contributed by atoms with Crippen LogP contribution in [0.15, 0.2) is 0 Å². The molecular formula is C9H16NO2+. The van der Waals surface area contributed by atoms with Gasteiger partial charge in [-0.15, -0.1) is 6.42 Å². The molecule has 0 spiro atoms. The number of hydrogen-bond donors (Lipinski definition) is 1. The average Bonchev–Trinajstić information content (AvgIpc) is 1.85. The van der Waals surface area contributed by atoms with Gasteiger partial charge in [-0.1, -0.05) is 0 Å². The Balaban J connectivity index is 4.07. The van der Waals surface area contributed by atoms with Crippen LogP contribution in [-0.2, 0) is 4.79 Å². The van der Waals surface area contributed by atoms with Gasteiger partial charge in [0, 0.05) is 0 Å². The van der Waals surface area contributed by atoms with Crippen molar-refractivity contribution in [2.24, 2.45) is 5.92 Å². The van der Waals surface area contributed by atoms with E-state index >= 15 is 0 Å². The molecule has 1 N–H and O–H groups in total. The molecule has 0 rings (SSSR count). The summed E-state index contributed by atoms with van der Waals surface area (Å²) in [7, 11) is 3.86. The Morgan fingerprint density at radius 1 is 1.67 bits per heavy atom. The Morgan fingerprint density at radius 3 is 2.50 bits per heavy atom. The summed E-state index contributed by atoms with van der Waals surface area (Å²) in [6.07, 6.45) is 5.15. The summed E-state index contributed by atoms with van der Waals surface area (Å²) in [4.78, 5) is 10.5. The van der Waals surface area contributed by atoms with Crippen molar-refractivity contribution in [3.05, 3.63) is 0 Å². The first-order valence-corrected chi connectivity index (χ1v) is 3.87. The van der Waals surface area contributed by atoms with E-state index in [4.69, 9.17) is 11.5 Å². The van der Waals surface area contributed by atoms with Crippen molar-refractivity contribution >= 4 is 5.97 Å². The van der Waals surface area contributed by atoms with Gasteiger partial charge in [0.15, 0.2) is 0 Å². The largest absolute Gasteiger partial charge is 0.481 e. The monoisotopic (exact) mass is 170 g/mol. The lowest BCUT2D eigenvalue weighted by atomic mass is 10.1. The van der Waals surface area contributed by atoms with Crippen LogP contribution in [0.2, 0.25) is 0 Å². The van der Waals surface area contributed by atoms with Gasteiger partial charge in [0.1, 0.15) is 12.5 Å². The molecule has 0 aliphatic carbocycles. The fourth-order valence-electron chi connectivity index (χ4n) is 1.13. The molecule has 0 aliphatic heterocycles. The number of aliphatic carboxylic acids is 1. The van der Waals surface area contributed by atoms with Crippen LogP contribution in [0.25, 0.3) is 0 Å². The summed E-state index contributed by atoms with van der Waals surface area (Å²) < 4.78 is 0.559. The zero-order chi connectivity index (χ0) is 9.78. The normalized spacial score (nSPS) is 13.5. The lowest BCUT2D eigenvalue weighted by Gasteiger charge is -2.28. The molecule has 1 atom stereocenters. The maximum atomic E-state index is 10.5. The number of carboxylic acid groups (broad SMARTS) is 1. The van der Waals surface area contributed by atoms with E-state index in [9.17, 15) is 4.79 Å². The lowest BCUT2D eigenvalue weighted by Crippen LogP contribution is -2.44. The van der Waals surface area contributed by atoms with E-state index in [1.165, 1.54) is 0 Å². The molecule has 0 aromatic rings. The smallest absolute Gasteiger partial charge is 0.311 e. The molecule has 0 aliphatic rings. The number of carbonyl (C=O) groups is 1. The molecule has 68 valence electrons. The summed E-state index contributed by atoms with van der Waals surface area (Å²) >= 11 is 0. The van der Waals surface area contributed by atoms with Gasteiger partial charge in [0.05, 0.1) is 20.6 Å². The molecule has 0 aromatic heterocycles. The molecule has 0 saturated heterocycles. The highest BCUT2D eigenvalue weighted by atomic mass is 16.4. The number of nitrogens with zero attached hydrogens (tertiary/aromatic N) is 1. The van der Waals surface area contributed by atoms with Crippen LogP contribution in [-0.4, -0.2) is 42.7 Å². The van der Waals surface area contributed by atoms with Crippen LogP contribution in [0.4, 0.5) is 0 Å². The Bertz CT molecular complexity index is 203. The highest BCUT2D eigenvalue weighted by molar-refractivity contribution is 5.69. The molecular weight excluding hydrogens is 154 g/mol. The highest BCUT2D eigenvalue weighted by Gasteiger charge is 2.22. The van der Waals surface area contributed by atoms with Crippen LogP contribution >= 0.6 is 0 Å². The quantitative estimate of drug-likeness (QED) is 0.490. The van der Waals surface area contributed by atoms with Crippen molar-refractivity contribution in [1.82, 2.24) is 0 Å². The summed E-state index contributed by atoms with van der Waals surface area (Å²) in [6, 6.07) is 0. The van der Waals surface area contributed by atoms with E-state index in [1.807, 2.05) is 14.1 Å². The molecule has 3 nitrogen and oxygen atoms in total. The van der Waals surface area contributed by atoms with Crippen LogP contribution in [0.5, 0.6) is 0 Å². The van der Waals surface area contributed by atoms with Crippen molar-refractivity contribution in [2.45, 2.75) is 6.92 Å². The molecule has 0 aromatic carbocycles. The highest BCUT2D eigenvalue weighted by Crippen LogP contribution is 2.04. The second kappa shape index (κ2) is 4.13. The standard InChI is InChI=1S/C9H15NO2/c1-5-6-10(3,4)7-8(2)9(11)12/h1,8H,6-7H2,2-4H3/p+1. The third kappa shape index (κ3) is 3.99. The molecule has 0 radical (unpaired) electrons. The third-order valence-corrected chi connectivity index (χ3v) is 1.71. The maximum absolute atomic E-state index is 10.5. The van der Waals surface area contributed by atoms with E-state index in [-0.39, 0.29) is 5.92 Å². The van der Waals surface area contributed by atoms with Gasteiger partial charge in [-0.25, -0.2) is 0 Å². The van der Waals surface area contributed by atoms with Crippen molar-refractivity contribution in [1.29, 1.82) is 0 Å². The molecule has 3 heteroatoms. The first-order chi connectivity index (χ1) is 5.39. The van der Waals surface area contributed by atoms with Crippen LogP contribution in [0, 0.1) is 18.3 Å². The number of rotatable bonds is 4. The predicted molar refractivity (Wildman–Crippen MR) is 47.5 cm³/mol. The maximum Gasteiger partial charge on any atom is 0.311 e. The zero-order valence-corrected chi connectivity index (χ0v) is 7.87. The average molecular weight is 170 g/mol. The lowest BCUT2D eigenvalue weighted by molar-refractivity contribution is -0.885. The SMILES string of the molecule is C#CC[N+](C)(C)CC(C)C(=O)O. The Kier molecular flexibility index (Phi) is 3.78. The summed E-state index contributed by atoms with van der Waals surface area (Å²) in [5, 5.41) is 8.65. The van der Waals surface area contributed by atoms with E-state index in [2.05, 4.69) is 5.92 Å². The van der Waals surface area contributed by atoms with Crippen LogP contribution in [0.1, 0.15) is 6.92 Å². The summed E-state index contributed by atoms with van der Waals surface area (Å²) in [6.45, 7) is 2.83. The van der Waals surface area contributed by atoms with Crippen molar-refractivity contribution in [3.8, 4) is 12.3 Å². The Labute approximate surface area is 73.6 Å². The molecule has 0 fully saturated rings. The molecule has 0 heterocycles. The van der Waals surface area contributed by atoms with Crippen molar-refractivity contribution < 1.29 is 14.4 Å². The minimum absolute atomic E-state index is 0.339. The second-order valence-corrected chi connectivity index (χ2v) is 3.72. The minimum atomic E-state index is -0.766. The fraction of sp³-hybridized carbons (Fsp3) is 0.667. The molecule has 0 amide bonds. The van der Waals surface area contributed by atoms with Gasteiger partial charge < -0.3 is 9.59 Å². The first-order valence-electron chi connectivity index (χ1n) is 3.87. The van der Waals surface area contributed by atoms with Gasteiger partial charge in [0.25, 0.3) is 0 Å². The van der Waals surface area contributed by atoms with Crippen LogP contribution in [0.3, 0.4) is 0 Å². The van der Waals surface area contributed by atoms with Gasteiger partial charge >= 0.3 is 5.97 Å². The van der Waals surface area contributed by atoms with Crippen LogP contribution < -0.4 is 0 Å². The molecule has 1 unspecified atom stereocenters. The van der Waals surface area contributed by atoms with Gasteiger partial charge in [0.2, 0.25) is 0 Å². The Morgan fingerprint density at radius 2 is 2.17 bits per heavy atom. The molecule has 0 bridgehead atoms. The van der Waals surface area contributed by atoms with Gasteiger partial charge in [-0.05, 0) is 12.8 Å². The van der Waals surface area contributed by atoms with Crippen molar-refractivity contribution in [3.63, 3.8) is 0 Å². The fourth-order valence-corrected chi connectivity index (χ4v) is 1.13. The summed E-state index contributed by atoms with van der Waals surface area (Å²) in [5.41, 5.74) is 0. The van der Waals surface area contributed by atoms with E-state index < -0.39 is 5.97 Å². The predicted octanol–water partition coefficient (Wildman–Crippen LogP) is 0.417. The molecule has 0 saturated carbocycles. The van der Waals surface area contributed by atoms with E-state index in [1.54, 1.807) is 6.92 Å². The van der Waals surface area contributed by atoms with Gasteiger partial charge in [-0.3, -0.25) is 4.79 Å². The third-order valence-electron chi connectivity index (χ3n) is 1.71. The number of terminal acetylenes is 1. The van der Waals surface area contributed by atoms with Crippen molar-refractivity contribution in [2.75, 3.05) is 27.2 Å². The van der Waals surface area contributed by atoms with E-state index in [0.29, 0.717) is 17.6 Å². The second-order valence-electron chi connectivity index (χ2n) is 3.72. The van der Waals surface area contributed by atoms with Gasteiger partial charge in [-0.2, -0.15) is 0 Å².